The fourth-order valence-corrected chi connectivity index (χ4v) is 5.09. The number of aromatic nitrogens is 1. The van der Waals surface area contributed by atoms with Gasteiger partial charge in [0.15, 0.2) is 0 Å². The molecule has 8 heteroatoms. The summed E-state index contributed by atoms with van der Waals surface area (Å²) >= 11 is 1.57. The first kappa shape index (κ1) is 18.0. The van der Waals surface area contributed by atoms with E-state index in [1.165, 1.54) is 6.20 Å². The number of amides is 1. The Bertz CT molecular complexity index is 890. The second kappa shape index (κ2) is 6.37. The van der Waals surface area contributed by atoms with Crippen molar-refractivity contribution in [3.8, 4) is 0 Å². The Hall–Kier alpha value is -2.35. The summed E-state index contributed by atoms with van der Waals surface area (Å²) in [4.78, 5) is 32.1. The van der Waals surface area contributed by atoms with Gasteiger partial charge in [0.2, 0.25) is 0 Å². The third-order valence-corrected chi connectivity index (χ3v) is 6.08. The van der Waals surface area contributed by atoms with Crippen molar-refractivity contribution >= 4 is 38.6 Å². The van der Waals surface area contributed by atoms with E-state index in [4.69, 9.17) is 9.84 Å². The van der Waals surface area contributed by atoms with E-state index in [2.05, 4.69) is 9.88 Å². The van der Waals surface area contributed by atoms with Crippen molar-refractivity contribution in [2.75, 3.05) is 18.0 Å². The number of aromatic carboxylic acids is 1. The normalized spacial score (nSPS) is 22.3. The van der Waals surface area contributed by atoms with Crippen molar-refractivity contribution < 1.29 is 19.4 Å². The lowest BCUT2D eigenvalue weighted by molar-refractivity contribution is 0.0210. The van der Waals surface area contributed by atoms with Crippen LogP contribution in [0.25, 0.3) is 10.2 Å². The number of piperazine rings is 1. The van der Waals surface area contributed by atoms with Crippen molar-refractivity contribution in [2.45, 2.75) is 51.3 Å². The van der Waals surface area contributed by atoms with Crippen LogP contribution in [0.3, 0.4) is 0 Å². The molecule has 7 nitrogen and oxygen atoms in total. The van der Waals surface area contributed by atoms with Gasteiger partial charge in [-0.05, 0) is 45.7 Å². The number of likely N-dealkylation sites (tertiary alicyclic amines) is 1. The van der Waals surface area contributed by atoms with Gasteiger partial charge in [0.25, 0.3) is 0 Å². The second-order valence-electron chi connectivity index (χ2n) is 8.17. The first-order valence-electron chi connectivity index (χ1n) is 9.10. The number of hydrogen-bond acceptors (Lipinski definition) is 6. The van der Waals surface area contributed by atoms with Crippen LogP contribution in [0.1, 0.15) is 44.0 Å². The summed E-state index contributed by atoms with van der Waals surface area (Å²) in [7, 11) is 0. The minimum absolute atomic E-state index is 0.202. The number of carboxylic acid groups (broad SMARTS) is 1. The third kappa shape index (κ3) is 3.45. The second-order valence-corrected chi connectivity index (χ2v) is 9.24. The Morgan fingerprint density at radius 2 is 1.89 bits per heavy atom. The lowest BCUT2D eigenvalue weighted by Gasteiger charge is -2.41. The fraction of sp³-hybridized carbons (Fsp3) is 0.526. The predicted octanol–water partition coefficient (Wildman–Crippen LogP) is 3.58. The van der Waals surface area contributed by atoms with E-state index in [0.29, 0.717) is 13.1 Å². The molecule has 2 aliphatic rings. The molecule has 1 N–H and O–H groups in total. The number of ether oxygens (including phenoxy) is 1. The fourth-order valence-electron chi connectivity index (χ4n) is 3.89. The molecule has 0 saturated carbocycles. The Balaban J connectivity index is 1.55. The van der Waals surface area contributed by atoms with Gasteiger partial charge in [-0.25, -0.2) is 9.59 Å². The molecular weight excluding hydrogens is 366 g/mol. The summed E-state index contributed by atoms with van der Waals surface area (Å²) in [6.07, 6.45) is 3.22. The number of nitrogens with zero attached hydrogens (tertiary/aromatic N) is 3. The van der Waals surface area contributed by atoms with Crippen molar-refractivity contribution in [3.05, 3.63) is 23.9 Å². The molecule has 1 amide bonds. The number of pyridine rings is 1. The minimum atomic E-state index is -0.967. The molecule has 27 heavy (non-hydrogen) atoms. The van der Waals surface area contributed by atoms with Crippen LogP contribution < -0.4 is 4.90 Å². The van der Waals surface area contributed by atoms with Gasteiger partial charge in [-0.15, -0.1) is 11.3 Å². The first-order valence-corrected chi connectivity index (χ1v) is 9.92. The molecule has 144 valence electrons. The Morgan fingerprint density at radius 1 is 1.22 bits per heavy atom. The van der Waals surface area contributed by atoms with Crippen LogP contribution in [0.5, 0.6) is 0 Å². The number of carboxylic acids is 1. The molecule has 2 aromatic heterocycles. The van der Waals surface area contributed by atoms with Gasteiger partial charge in [-0.3, -0.25) is 4.98 Å². The van der Waals surface area contributed by atoms with Crippen molar-refractivity contribution in [1.82, 2.24) is 9.88 Å². The number of fused-ring (bicyclic) bond motifs is 3. The van der Waals surface area contributed by atoms with E-state index in [-0.39, 0.29) is 23.7 Å². The van der Waals surface area contributed by atoms with Crippen molar-refractivity contribution in [2.24, 2.45) is 0 Å². The quantitative estimate of drug-likeness (QED) is 0.845. The molecule has 2 unspecified atom stereocenters. The monoisotopic (exact) mass is 389 g/mol. The molecule has 2 aromatic rings. The zero-order chi connectivity index (χ0) is 19.3. The number of carbonyl (C=O) groups excluding carboxylic acids is 1. The average Bonchev–Trinajstić information content (AvgIpc) is 3.09. The molecule has 0 aliphatic carbocycles. The highest BCUT2D eigenvalue weighted by Gasteiger charge is 2.43. The summed E-state index contributed by atoms with van der Waals surface area (Å²) in [6, 6.07) is 4.21. The number of hydrogen-bond donors (Lipinski definition) is 1. The summed E-state index contributed by atoms with van der Waals surface area (Å²) in [5.74, 6) is -0.967. The highest BCUT2D eigenvalue weighted by Crippen LogP contribution is 2.41. The topological polar surface area (TPSA) is 83.0 Å². The number of rotatable bonds is 2. The third-order valence-electron chi connectivity index (χ3n) is 4.99. The van der Waals surface area contributed by atoms with Crippen LogP contribution >= 0.6 is 11.3 Å². The molecular formula is C19H23N3O4S. The number of anilines is 1. The van der Waals surface area contributed by atoms with Crippen LogP contribution in [0.15, 0.2) is 18.3 Å². The Morgan fingerprint density at radius 3 is 2.48 bits per heavy atom. The maximum Gasteiger partial charge on any atom is 0.410 e. The highest BCUT2D eigenvalue weighted by atomic mass is 32.1. The van der Waals surface area contributed by atoms with Crippen molar-refractivity contribution in [3.63, 3.8) is 0 Å². The molecule has 4 heterocycles. The maximum absolute atomic E-state index is 12.4. The van der Waals surface area contributed by atoms with E-state index in [0.717, 1.165) is 28.1 Å². The van der Waals surface area contributed by atoms with Gasteiger partial charge >= 0.3 is 12.1 Å². The van der Waals surface area contributed by atoms with Crippen LogP contribution in [0.4, 0.5) is 9.80 Å². The molecule has 2 fully saturated rings. The van der Waals surface area contributed by atoms with Crippen LogP contribution in [0.2, 0.25) is 0 Å². The Labute approximate surface area is 161 Å². The minimum Gasteiger partial charge on any atom is -0.478 e. The van der Waals surface area contributed by atoms with Crippen molar-refractivity contribution in [1.29, 1.82) is 0 Å². The van der Waals surface area contributed by atoms with Gasteiger partial charge in [0, 0.05) is 31.4 Å². The van der Waals surface area contributed by atoms with Gasteiger partial charge < -0.3 is 19.6 Å². The smallest absolute Gasteiger partial charge is 0.410 e. The van der Waals surface area contributed by atoms with Crippen LogP contribution in [-0.4, -0.2) is 57.8 Å². The Kier molecular flexibility index (Phi) is 4.25. The lowest BCUT2D eigenvalue weighted by atomic mass is 10.2. The zero-order valence-corrected chi connectivity index (χ0v) is 16.5. The van der Waals surface area contributed by atoms with Crippen LogP contribution in [0, 0.1) is 0 Å². The van der Waals surface area contributed by atoms with Gasteiger partial charge in [-0.2, -0.15) is 0 Å². The SMILES string of the molecule is CC(C)(C)OC(=O)N1CC2CCC(C1)N2c1cc2ncc(C(=O)O)cc2s1. The zero-order valence-electron chi connectivity index (χ0n) is 15.6. The van der Waals surface area contributed by atoms with Crippen LogP contribution in [-0.2, 0) is 4.74 Å². The molecule has 2 aliphatic heterocycles. The lowest BCUT2D eigenvalue weighted by Crippen LogP contribution is -2.56. The van der Waals surface area contributed by atoms with Gasteiger partial charge in [-0.1, -0.05) is 0 Å². The van der Waals surface area contributed by atoms with E-state index in [1.807, 2.05) is 31.7 Å². The average molecular weight is 389 g/mol. The number of carbonyl (C=O) groups is 2. The number of thiophene rings is 1. The molecule has 2 bridgehead atoms. The van der Waals surface area contributed by atoms with Gasteiger partial charge in [0.05, 0.1) is 20.8 Å². The molecule has 2 saturated heterocycles. The van der Waals surface area contributed by atoms with Gasteiger partial charge in [0.1, 0.15) is 5.60 Å². The molecule has 0 radical (unpaired) electrons. The van der Waals surface area contributed by atoms with E-state index in [9.17, 15) is 9.59 Å². The molecule has 2 atom stereocenters. The van der Waals surface area contributed by atoms with E-state index < -0.39 is 11.6 Å². The maximum atomic E-state index is 12.4. The standard InChI is InChI=1S/C19H23N3O4S/c1-19(2,3)26-18(25)21-9-12-4-5-13(10-21)22(12)16-7-14-15(27-16)6-11(8-20-14)17(23)24/h6-8,12-13H,4-5,9-10H2,1-3H3,(H,23,24). The summed E-state index contributed by atoms with van der Waals surface area (Å²) in [5, 5.41) is 10.3. The molecule has 4 rings (SSSR count). The van der Waals surface area contributed by atoms with E-state index in [1.54, 1.807) is 17.4 Å². The summed E-state index contributed by atoms with van der Waals surface area (Å²) in [5.41, 5.74) is 0.522. The molecule has 0 aromatic carbocycles. The summed E-state index contributed by atoms with van der Waals surface area (Å²) in [6.45, 7) is 6.93. The molecule has 0 spiro atoms. The predicted molar refractivity (Wildman–Crippen MR) is 104 cm³/mol. The largest absolute Gasteiger partial charge is 0.478 e. The van der Waals surface area contributed by atoms with E-state index >= 15 is 0 Å². The highest BCUT2D eigenvalue weighted by molar-refractivity contribution is 7.22. The summed E-state index contributed by atoms with van der Waals surface area (Å²) < 4.78 is 6.41. The first-order chi connectivity index (χ1) is 12.7.